The summed E-state index contributed by atoms with van der Waals surface area (Å²) in [6, 6.07) is 11.4. The van der Waals surface area contributed by atoms with E-state index in [1.165, 1.54) is 31.4 Å². The molecule has 0 radical (unpaired) electrons. The molecule has 2 aliphatic carbocycles. The van der Waals surface area contributed by atoms with E-state index >= 15 is 0 Å². The second kappa shape index (κ2) is 5.27. The molecule has 0 saturated heterocycles. The van der Waals surface area contributed by atoms with Crippen LogP contribution in [0, 0.1) is 17.8 Å². The molecule has 0 aliphatic heterocycles. The first kappa shape index (κ1) is 12.0. The van der Waals surface area contributed by atoms with Crippen LogP contribution in [0.2, 0.25) is 0 Å². The van der Waals surface area contributed by atoms with Crippen molar-refractivity contribution < 1.29 is 0 Å². The summed E-state index contributed by atoms with van der Waals surface area (Å²) in [4.78, 5) is 0. The molecule has 0 aromatic heterocycles. The van der Waals surface area contributed by atoms with Crippen molar-refractivity contribution in [2.45, 2.75) is 32.2 Å². The van der Waals surface area contributed by atoms with Crippen LogP contribution in [0.15, 0.2) is 42.5 Å². The maximum Gasteiger partial charge on any atom is 0.0317 e. The largest absolute Gasteiger partial charge is 0.310 e. The Morgan fingerprint density at radius 3 is 2.61 bits per heavy atom. The molecule has 1 fully saturated rings. The van der Waals surface area contributed by atoms with E-state index in [0.29, 0.717) is 6.04 Å². The lowest BCUT2D eigenvalue weighted by atomic mass is 9.93. The molecule has 3 rings (SSSR count). The van der Waals surface area contributed by atoms with Gasteiger partial charge in [-0.25, -0.2) is 0 Å². The number of fused-ring (bicyclic) bond motifs is 2. The summed E-state index contributed by atoms with van der Waals surface area (Å²) in [5.74, 6) is 2.62. The normalized spacial score (nSPS) is 30.8. The van der Waals surface area contributed by atoms with Gasteiger partial charge in [0.2, 0.25) is 0 Å². The SMILES string of the molecule is CCC(NCC1CC2C=CC1C2)c1ccccc1. The van der Waals surface area contributed by atoms with Crippen LogP contribution in [0.3, 0.4) is 0 Å². The van der Waals surface area contributed by atoms with E-state index in [0.717, 1.165) is 17.8 Å². The van der Waals surface area contributed by atoms with E-state index in [9.17, 15) is 0 Å². The summed E-state index contributed by atoms with van der Waals surface area (Å²) >= 11 is 0. The summed E-state index contributed by atoms with van der Waals surface area (Å²) < 4.78 is 0. The highest BCUT2D eigenvalue weighted by Crippen LogP contribution is 2.43. The minimum atomic E-state index is 0.523. The van der Waals surface area contributed by atoms with E-state index < -0.39 is 0 Å². The summed E-state index contributed by atoms with van der Waals surface area (Å²) in [5.41, 5.74) is 1.43. The van der Waals surface area contributed by atoms with E-state index in [4.69, 9.17) is 0 Å². The lowest BCUT2D eigenvalue weighted by Crippen LogP contribution is -2.29. The zero-order valence-electron chi connectivity index (χ0n) is 11.2. The molecule has 1 aromatic rings. The molecular formula is C17H23N. The molecule has 0 heterocycles. The molecule has 2 aliphatic rings. The molecule has 1 heteroatoms. The van der Waals surface area contributed by atoms with Crippen molar-refractivity contribution >= 4 is 0 Å². The van der Waals surface area contributed by atoms with E-state index in [-0.39, 0.29) is 0 Å². The van der Waals surface area contributed by atoms with Gasteiger partial charge in [-0.2, -0.15) is 0 Å². The first-order valence-electron chi connectivity index (χ1n) is 7.33. The predicted molar refractivity (Wildman–Crippen MR) is 76.3 cm³/mol. The van der Waals surface area contributed by atoms with Gasteiger partial charge in [0.05, 0.1) is 0 Å². The Bertz CT molecular complexity index is 409. The van der Waals surface area contributed by atoms with Gasteiger partial charge < -0.3 is 5.32 Å². The molecule has 4 unspecified atom stereocenters. The van der Waals surface area contributed by atoms with Crippen molar-refractivity contribution in [3.63, 3.8) is 0 Å². The fourth-order valence-electron chi connectivity index (χ4n) is 3.61. The van der Waals surface area contributed by atoms with Crippen LogP contribution in [-0.4, -0.2) is 6.54 Å². The maximum absolute atomic E-state index is 3.78. The summed E-state index contributed by atoms with van der Waals surface area (Å²) in [6.45, 7) is 3.45. The monoisotopic (exact) mass is 241 g/mol. The molecule has 1 nitrogen and oxygen atoms in total. The smallest absolute Gasteiger partial charge is 0.0317 e. The Hall–Kier alpha value is -1.08. The third-order valence-electron chi connectivity index (χ3n) is 4.65. The summed E-state index contributed by atoms with van der Waals surface area (Å²) in [5, 5.41) is 3.78. The fraction of sp³-hybridized carbons (Fsp3) is 0.529. The number of nitrogens with one attached hydrogen (secondary N) is 1. The minimum absolute atomic E-state index is 0.523. The molecule has 4 atom stereocenters. The van der Waals surface area contributed by atoms with Crippen LogP contribution in [-0.2, 0) is 0 Å². The predicted octanol–water partition coefficient (Wildman–Crippen LogP) is 3.94. The number of hydrogen-bond acceptors (Lipinski definition) is 1. The highest BCUT2D eigenvalue weighted by Gasteiger charge is 2.35. The van der Waals surface area contributed by atoms with Crippen molar-refractivity contribution in [3.8, 4) is 0 Å². The molecule has 2 bridgehead atoms. The van der Waals surface area contributed by atoms with E-state index in [1.807, 2.05) is 0 Å². The summed E-state index contributed by atoms with van der Waals surface area (Å²) in [7, 11) is 0. The number of rotatable bonds is 5. The van der Waals surface area contributed by atoms with Gasteiger partial charge in [-0.05, 0) is 49.1 Å². The van der Waals surface area contributed by atoms with Crippen LogP contribution >= 0.6 is 0 Å². The van der Waals surface area contributed by atoms with Crippen molar-refractivity contribution in [1.29, 1.82) is 0 Å². The van der Waals surface area contributed by atoms with Gasteiger partial charge in [-0.1, -0.05) is 49.4 Å². The third-order valence-corrected chi connectivity index (χ3v) is 4.65. The average Bonchev–Trinajstić information content (AvgIpc) is 3.03. The zero-order chi connectivity index (χ0) is 12.4. The maximum atomic E-state index is 3.78. The molecule has 1 N–H and O–H groups in total. The Balaban J connectivity index is 1.57. The zero-order valence-corrected chi connectivity index (χ0v) is 11.2. The molecule has 1 aromatic carbocycles. The van der Waals surface area contributed by atoms with Gasteiger partial charge in [0.25, 0.3) is 0 Å². The van der Waals surface area contributed by atoms with Crippen molar-refractivity contribution in [1.82, 2.24) is 5.32 Å². The molecule has 1 saturated carbocycles. The minimum Gasteiger partial charge on any atom is -0.310 e. The highest BCUT2D eigenvalue weighted by molar-refractivity contribution is 5.19. The Morgan fingerprint density at radius 2 is 2.00 bits per heavy atom. The van der Waals surface area contributed by atoms with E-state index in [1.54, 1.807) is 0 Å². The van der Waals surface area contributed by atoms with Crippen LogP contribution in [0.5, 0.6) is 0 Å². The van der Waals surface area contributed by atoms with Gasteiger partial charge in [0, 0.05) is 6.04 Å². The second-order valence-electron chi connectivity index (χ2n) is 5.82. The molecule has 96 valence electrons. The molecule has 18 heavy (non-hydrogen) atoms. The lowest BCUT2D eigenvalue weighted by Gasteiger charge is -2.23. The molecule has 0 amide bonds. The van der Waals surface area contributed by atoms with Crippen LogP contribution in [0.1, 0.15) is 37.8 Å². The first-order chi connectivity index (χ1) is 8.86. The second-order valence-corrected chi connectivity index (χ2v) is 5.82. The fourth-order valence-corrected chi connectivity index (χ4v) is 3.61. The topological polar surface area (TPSA) is 12.0 Å². The van der Waals surface area contributed by atoms with Crippen molar-refractivity contribution in [2.75, 3.05) is 6.54 Å². The third kappa shape index (κ3) is 2.37. The van der Waals surface area contributed by atoms with Gasteiger partial charge in [-0.3, -0.25) is 0 Å². The Morgan fingerprint density at radius 1 is 1.17 bits per heavy atom. The van der Waals surface area contributed by atoms with E-state index in [2.05, 4.69) is 54.7 Å². The van der Waals surface area contributed by atoms with Crippen LogP contribution < -0.4 is 5.32 Å². The summed E-state index contributed by atoms with van der Waals surface area (Å²) in [6.07, 6.45) is 8.86. The van der Waals surface area contributed by atoms with Crippen molar-refractivity contribution in [2.24, 2.45) is 17.8 Å². The Kier molecular flexibility index (Phi) is 3.51. The lowest BCUT2D eigenvalue weighted by molar-refractivity contribution is 0.381. The van der Waals surface area contributed by atoms with Crippen LogP contribution in [0.25, 0.3) is 0 Å². The molecule has 0 spiro atoms. The van der Waals surface area contributed by atoms with Crippen LogP contribution in [0.4, 0.5) is 0 Å². The molecular weight excluding hydrogens is 218 g/mol. The number of benzene rings is 1. The number of allylic oxidation sites excluding steroid dienone is 2. The first-order valence-corrected chi connectivity index (χ1v) is 7.33. The highest BCUT2D eigenvalue weighted by atomic mass is 14.9. The van der Waals surface area contributed by atoms with Crippen molar-refractivity contribution in [3.05, 3.63) is 48.0 Å². The Labute approximate surface area is 110 Å². The van der Waals surface area contributed by atoms with Gasteiger partial charge in [-0.15, -0.1) is 0 Å². The van der Waals surface area contributed by atoms with Gasteiger partial charge in [0.15, 0.2) is 0 Å². The quantitative estimate of drug-likeness (QED) is 0.770. The van der Waals surface area contributed by atoms with Gasteiger partial charge >= 0.3 is 0 Å². The number of hydrogen-bond donors (Lipinski definition) is 1. The average molecular weight is 241 g/mol. The van der Waals surface area contributed by atoms with Gasteiger partial charge in [0.1, 0.15) is 0 Å². The standard InChI is InChI=1S/C17H23N/c1-2-17(14-6-4-3-5-7-14)18-12-16-11-13-8-9-15(16)10-13/h3-9,13,15-18H,2,10-12H2,1H3.